The Balaban J connectivity index is 1.98. The van der Waals surface area contributed by atoms with Crippen molar-refractivity contribution in [2.24, 2.45) is 0 Å². The Bertz CT molecular complexity index is 515. The lowest BCUT2D eigenvalue weighted by Gasteiger charge is -2.04. The van der Waals surface area contributed by atoms with Crippen molar-refractivity contribution in [3.05, 3.63) is 36.0 Å². The van der Waals surface area contributed by atoms with Crippen molar-refractivity contribution in [2.75, 3.05) is 20.3 Å². The zero-order chi connectivity index (χ0) is 13.5. The number of aryl methyl sites for hydroxylation is 1. The fourth-order valence-electron chi connectivity index (χ4n) is 1.57. The Morgan fingerprint density at radius 3 is 2.68 bits per heavy atom. The Morgan fingerprint density at radius 1 is 1.21 bits per heavy atom. The predicted molar refractivity (Wildman–Crippen MR) is 71.4 cm³/mol. The van der Waals surface area contributed by atoms with Crippen molar-refractivity contribution >= 4 is 0 Å². The molecule has 0 amide bonds. The van der Waals surface area contributed by atoms with Gasteiger partial charge in [0.05, 0.1) is 6.61 Å². The summed E-state index contributed by atoms with van der Waals surface area (Å²) in [5.41, 5.74) is 1.78. The van der Waals surface area contributed by atoms with E-state index in [0.29, 0.717) is 18.3 Å². The van der Waals surface area contributed by atoms with E-state index >= 15 is 0 Å². The van der Waals surface area contributed by atoms with E-state index < -0.39 is 0 Å². The molecule has 19 heavy (non-hydrogen) atoms. The third-order valence-electron chi connectivity index (χ3n) is 2.52. The van der Waals surface area contributed by atoms with Crippen molar-refractivity contribution in [2.45, 2.75) is 13.5 Å². The van der Waals surface area contributed by atoms with Gasteiger partial charge in [-0.1, -0.05) is 0 Å². The largest absolute Gasteiger partial charge is 0.383 e. The second kappa shape index (κ2) is 6.86. The molecule has 6 nitrogen and oxygen atoms in total. The molecule has 0 atom stereocenters. The molecule has 6 heteroatoms. The number of ether oxygens (including phenoxy) is 1. The lowest BCUT2D eigenvalue weighted by molar-refractivity contribution is 0.199. The van der Waals surface area contributed by atoms with Gasteiger partial charge in [0.2, 0.25) is 0 Å². The van der Waals surface area contributed by atoms with Crippen molar-refractivity contribution in [3.8, 4) is 11.5 Å². The molecule has 0 aliphatic carbocycles. The molecule has 1 N–H and O–H groups in total. The highest BCUT2D eigenvalue weighted by Crippen LogP contribution is 2.10. The first-order chi connectivity index (χ1) is 9.29. The van der Waals surface area contributed by atoms with Gasteiger partial charge in [0.15, 0.2) is 5.82 Å². The van der Waals surface area contributed by atoms with E-state index in [-0.39, 0.29) is 0 Å². The van der Waals surface area contributed by atoms with Crippen LogP contribution in [0.15, 0.2) is 24.7 Å². The quantitative estimate of drug-likeness (QED) is 0.780. The molecule has 0 aliphatic rings. The lowest BCUT2D eigenvalue weighted by Crippen LogP contribution is -2.18. The van der Waals surface area contributed by atoms with Crippen LogP contribution in [-0.4, -0.2) is 40.2 Å². The summed E-state index contributed by atoms with van der Waals surface area (Å²) in [6.45, 7) is 4.08. The number of aromatic nitrogens is 4. The van der Waals surface area contributed by atoms with Crippen LogP contribution in [-0.2, 0) is 11.3 Å². The molecule has 0 bridgehead atoms. The first-order valence-corrected chi connectivity index (χ1v) is 6.10. The van der Waals surface area contributed by atoms with Crippen LogP contribution in [0.2, 0.25) is 0 Å². The molecule has 2 heterocycles. The maximum absolute atomic E-state index is 4.96. The number of hydrogen-bond acceptors (Lipinski definition) is 6. The van der Waals surface area contributed by atoms with Crippen molar-refractivity contribution in [1.82, 2.24) is 25.3 Å². The van der Waals surface area contributed by atoms with Crippen LogP contribution in [0, 0.1) is 6.92 Å². The maximum atomic E-state index is 4.96. The Morgan fingerprint density at radius 2 is 2.00 bits per heavy atom. The SMILES string of the molecule is COCCNCc1cnc(-c2ccnc(C)n2)nc1. The van der Waals surface area contributed by atoms with Gasteiger partial charge in [-0.15, -0.1) is 0 Å². The molecular formula is C13H17N5O. The van der Waals surface area contributed by atoms with Gasteiger partial charge in [-0.3, -0.25) is 0 Å². The van der Waals surface area contributed by atoms with E-state index in [2.05, 4.69) is 25.3 Å². The van der Waals surface area contributed by atoms with Crippen LogP contribution in [0.4, 0.5) is 0 Å². The minimum atomic E-state index is 0.617. The van der Waals surface area contributed by atoms with Gasteiger partial charge >= 0.3 is 0 Å². The standard InChI is InChI=1S/C13H17N5O/c1-10-15-4-3-12(18-10)13-16-8-11(9-17-13)7-14-5-6-19-2/h3-4,8-9,14H,5-7H2,1-2H3. The normalized spacial score (nSPS) is 10.6. The van der Waals surface area contributed by atoms with Crippen LogP contribution in [0.25, 0.3) is 11.5 Å². The number of nitrogens with one attached hydrogen (secondary N) is 1. The van der Waals surface area contributed by atoms with E-state index in [4.69, 9.17) is 4.74 Å². The highest BCUT2D eigenvalue weighted by Gasteiger charge is 2.03. The monoisotopic (exact) mass is 259 g/mol. The topological polar surface area (TPSA) is 72.8 Å². The summed E-state index contributed by atoms with van der Waals surface area (Å²) in [6.07, 6.45) is 5.32. The van der Waals surface area contributed by atoms with Crippen molar-refractivity contribution in [3.63, 3.8) is 0 Å². The molecule has 0 radical (unpaired) electrons. The second-order valence-corrected chi connectivity index (χ2v) is 4.07. The zero-order valence-electron chi connectivity index (χ0n) is 11.1. The van der Waals surface area contributed by atoms with Crippen LogP contribution >= 0.6 is 0 Å². The maximum Gasteiger partial charge on any atom is 0.178 e. The van der Waals surface area contributed by atoms with Crippen LogP contribution in [0.5, 0.6) is 0 Å². The third-order valence-corrected chi connectivity index (χ3v) is 2.52. The smallest absolute Gasteiger partial charge is 0.178 e. The van der Waals surface area contributed by atoms with E-state index in [9.17, 15) is 0 Å². The first-order valence-electron chi connectivity index (χ1n) is 6.10. The molecule has 2 rings (SSSR count). The highest BCUT2D eigenvalue weighted by atomic mass is 16.5. The second-order valence-electron chi connectivity index (χ2n) is 4.07. The number of hydrogen-bond donors (Lipinski definition) is 1. The van der Waals surface area contributed by atoms with Crippen LogP contribution < -0.4 is 5.32 Å². The molecule has 0 unspecified atom stereocenters. The molecule has 0 saturated heterocycles. The van der Waals surface area contributed by atoms with Crippen molar-refractivity contribution < 1.29 is 4.74 Å². The lowest BCUT2D eigenvalue weighted by atomic mass is 10.3. The summed E-state index contributed by atoms with van der Waals surface area (Å²) in [7, 11) is 1.68. The molecule has 0 saturated carbocycles. The Kier molecular flexibility index (Phi) is 4.88. The van der Waals surface area contributed by atoms with Crippen LogP contribution in [0.3, 0.4) is 0 Å². The van der Waals surface area contributed by atoms with E-state index in [0.717, 1.165) is 24.3 Å². The number of methoxy groups -OCH3 is 1. The average Bonchev–Trinajstić information content (AvgIpc) is 2.44. The summed E-state index contributed by atoms with van der Waals surface area (Å²) in [5, 5.41) is 3.24. The molecular weight excluding hydrogens is 242 g/mol. The Hall–Kier alpha value is -1.92. The summed E-state index contributed by atoms with van der Waals surface area (Å²) < 4.78 is 4.96. The Labute approximate surface area is 112 Å². The number of nitrogens with zero attached hydrogens (tertiary/aromatic N) is 4. The fraction of sp³-hybridized carbons (Fsp3) is 0.385. The minimum absolute atomic E-state index is 0.617. The van der Waals surface area contributed by atoms with E-state index in [1.54, 1.807) is 31.8 Å². The number of rotatable bonds is 6. The van der Waals surface area contributed by atoms with E-state index in [1.807, 2.05) is 6.92 Å². The molecule has 0 spiro atoms. The van der Waals surface area contributed by atoms with Gasteiger partial charge in [0.25, 0.3) is 0 Å². The molecule has 0 fully saturated rings. The van der Waals surface area contributed by atoms with Gasteiger partial charge in [0.1, 0.15) is 11.5 Å². The predicted octanol–water partition coefficient (Wildman–Crippen LogP) is 0.978. The summed E-state index contributed by atoms with van der Waals surface area (Å²) >= 11 is 0. The summed E-state index contributed by atoms with van der Waals surface area (Å²) in [5.74, 6) is 1.33. The molecule has 100 valence electrons. The molecule has 2 aromatic heterocycles. The van der Waals surface area contributed by atoms with Gasteiger partial charge in [-0.2, -0.15) is 0 Å². The molecule has 2 aromatic rings. The molecule has 0 aromatic carbocycles. The van der Waals surface area contributed by atoms with Crippen LogP contribution in [0.1, 0.15) is 11.4 Å². The minimum Gasteiger partial charge on any atom is -0.383 e. The van der Waals surface area contributed by atoms with Gasteiger partial charge in [-0.25, -0.2) is 19.9 Å². The van der Waals surface area contributed by atoms with Crippen molar-refractivity contribution in [1.29, 1.82) is 0 Å². The van der Waals surface area contributed by atoms with Gasteiger partial charge in [0, 0.05) is 44.4 Å². The van der Waals surface area contributed by atoms with E-state index in [1.165, 1.54) is 0 Å². The fourth-order valence-corrected chi connectivity index (χ4v) is 1.57. The molecule has 0 aliphatic heterocycles. The van der Waals surface area contributed by atoms with Gasteiger partial charge < -0.3 is 10.1 Å². The third kappa shape index (κ3) is 4.04. The first kappa shape index (κ1) is 13.5. The zero-order valence-corrected chi connectivity index (χ0v) is 11.1. The highest BCUT2D eigenvalue weighted by molar-refractivity contribution is 5.47. The average molecular weight is 259 g/mol. The van der Waals surface area contributed by atoms with Gasteiger partial charge in [-0.05, 0) is 13.0 Å². The summed E-state index contributed by atoms with van der Waals surface area (Å²) in [6, 6.07) is 1.80. The summed E-state index contributed by atoms with van der Waals surface area (Å²) in [4.78, 5) is 17.0.